The number of methoxy groups -OCH3 is 1. The lowest BCUT2D eigenvalue weighted by atomic mass is 10.3. The Hall–Kier alpha value is -1.25. The monoisotopic (exact) mass is 434 g/mol. The average Bonchev–Trinajstić information content (AvgIpc) is 2.44. The van der Waals surface area contributed by atoms with Gasteiger partial charge in [-0.25, -0.2) is 8.42 Å². The molecule has 3 N–H and O–H groups in total. The van der Waals surface area contributed by atoms with Gasteiger partial charge in [-0.3, -0.25) is 4.72 Å². The first-order valence-electron chi connectivity index (χ1n) is 5.75. The zero-order valence-corrected chi connectivity index (χ0v) is 14.9. The summed E-state index contributed by atoms with van der Waals surface area (Å²) < 4.78 is 33.2. The largest absolute Gasteiger partial charge is 0.497 e. The molecular formula is C13H12Br2N2O3S. The second kappa shape index (κ2) is 6.25. The van der Waals surface area contributed by atoms with Gasteiger partial charge in [0.1, 0.15) is 5.75 Å². The van der Waals surface area contributed by atoms with Crippen molar-refractivity contribution in [1.82, 2.24) is 0 Å². The van der Waals surface area contributed by atoms with Gasteiger partial charge >= 0.3 is 0 Å². The summed E-state index contributed by atoms with van der Waals surface area (Å²) in [6.45, 7) is 0. The third-order valence-corrected chi connectivity index (χ3v) is 5.38. The summed E-state index contributed by atoms with van der Waals surface area (Å²) in [6.07, 6.45) is 0. The molecule has 0 aliphatic heterocycles. The molecule has 2 rings (SSSR count). The van der Waals surface area contributed by atoms with Crippen LogP contribution >= 0.6 is 31.9 Å². The third kappa shape index (κ3) is 3.69. The maximum absolute atomic E-state index is 12.3. The molecule has 8 heteroatoms. The Morgan fingerprint density at radius 1 is 1.10 bits per heavy atom. The van der Waals surface area contributed by atoms with Gasteiger partial charge < -0.3 is 10.5 Å². The Labute approximate surface area is 139 Å². The zero-order valence-electron chi connectivity index (χ0n) is 10.9. The van der Waals surface area contributed by atoms with Crippen molar-refractivity contribution in [3.63, 3.8) is 0 Å². The first-order valence-corrected chi connectivity index (χ1v) is 8.82. The maximum Gasteiger partial charge on any atom is 0.261 e. The summed E-state index contributed by atoms with van der Waals surface area (Å²) in [5.41, 5.74) is 6.64. The van der Waals surface area contributed by atoms with E-state index in [1.807, 2.05) is 0 Å². The summed E-state index contributed by atoms with van der Waals surface area (Å²) in [4.78, 5) is 0.103. The summed E-state index contributed by atoms with van der Waals surface area (Å²) >= 11 is 6.46. The van der Waals surface area contributed by atoms with Crippen LogP contribution < -0.4 is 15.2 Å². The van der Waals surface area contributed by atoms with Crippen LogP contribution in [0.3, 0.4) is 0 Å². The number of nitrogens with one attached hydrogen (secondary N) is 1. The van der Waals surface area contributed by atoms with E-state index in [1.165, 1.54) is 12.1 Å². The minimum atomic E-state index is -3.70. The summed E-state index contributed by atoms with van der Waals surface area (Å²) in [6, 6.07) is 9.49. The highest BCUT2D eigenvalue weighted by Gasteiger charge is 2.17. The van der Waals surface area contributed by atoms with E-state index < -0.39 is 10.0 Å². The summed E-state index contributed by atoms with van der Waals surface area (Å²) in [5, 5.41) is 0. The minimum Gasteiger partial charge on any atom is -0.497 e. The lowest BCUT2D eigenvalue weighted by molar-refractivity contribution is 0.415. The molecule has 0 fully saturated rings. The third-order valence-electron chi connectivity index (χ3n) is 2.71. The van der Waals surface area contributed by atoms with Crippen LogP contribution in [0, 0.1) is 0 Å². The molecule has 0 aliphatic carbocycles. The van der Waals surface area contributed by atoms with Gasteiger partial charge in [0.05, 0.1) is 17.7 Å². The molecule has 0 saturated carbocycles. The molecule has 0 bridgehead atoms. The number of ether oxygens (including phenoxy) is 1. The first-order chi connectivity index (χ1) is 9.83. The van der Waals surface area contributed by atoms with E-state index in [0.29, 0.717) is 26.1 Å². The molecule has 0 spiro atoms. The van der Waals surface area contributed by atoms with Gasteiger partial charge in [-0.15, -0.1) is 0 Å². The van der Waals surface area contributed by atoms with Crippen molar-refractivity contribution in [2.24, 2.45) is 0 Å². The van der Waals surface area contributed by atoms with Gasteiger partial charge in [0.15, 0.2) is 0 Å². The number of sulfonamides is 1. The average molecular weight is 436 g/mol. The number of halogens is 2. The van der Waals surface area contributed by atoms with E-state index in [-0.39, 0.29) is 4.90 Å². The van der Waals surface area contributed by atoms with E-state index in [2.05, 4.69) is 36.6 Å². The van der Waals surface area contributed by atoms with Gasteiger partial charge in [0.2, 0.25) is 0 Å². The number of rotatable bonds is 4. The van der Waals surface area contributed by atoms with E-state index in [0.717, 1.165) is 0 Å². The highest BCUT2D eigenvalue weighted by Crippen LogP contribution is 2.32. The molecule has 0 amide bonds. The minimum absolute atomic E-state index is 0.103. The predicted octanol–water partition coefficient (Wildman–Crippen LogP) is 3.60. The van der Waals surface area contributed by atoms with E-state index >= 15 is 0 Å². The van der Waals surface area contributed by atoms with Crippen molar-refractivity contribution in [3.05, 3.63) is 45.3 Å². The van der Waals surface area contributed by atoms with Gasteiger partial charge in [-0.1, -0.05) is 0 Å². The Balaban J connectivity index is 2.33. The second-order valence-electron chi connectivity index (χ2n) is 4.13. The highest BCUT2D eigenvalue weighted by molar-refractivity contribution is 9.11. The molecule has 2 aromatic rings. The predicted molar refractivity (Wildman–Crippen MR) is 90.1 cm³/mol. The molecule has 21 heavy (non-hydrogen) atoms. The van der Waals surface area contributed by atoms with Crippen LogP contribution in [-0.2, 0) is 10.0 Å². The smallest absolute Gasteiger partial charge is 0.261 e. The van der Waals surface area contributed by atoms with Crippen molar-refractivity contribution in [2.75, 3.05) is 17.6 Å². The fraction of sp³-hybridized carbons (Fsp3) is 0.0769. The van der Waals surface area contributed by atoms with Crippen LogP contribution in [-0.4, -0.2) is 15.5 Å². The SMILES string of the molecule is COc1ccc(NS(=O)(=O)c2cc(Br)c(N)c(Br)c2)cc1. The molecular weight excluding hydrogens is 424 g/mol. The van der Waals surface area contributed by atoms with E-state index in [4.69, 9.17) is 10.5 Å². The van der Waals surface area contributed by atoms with Crippen LogP contribution in [0.1, 0.15) is 0 Å². The molecule has 0 radical (unpaired) electrons. The molecule has 0 aliphatic rings. The Morgan fingerprint density at radius 3 is 2.10 bits per heavy atom. The van der Waals surface area contributed by atoms with Crippen LogP contribution in [0.5, 0.6) is 5.75 Å². The first kappa shape index (κ1) is 16.1. The fourth-order valence-corrected chi connectivity index (χ4v) is 4.19. The topological polar surface area (TPSA) is 81.4 Å². The van der Waals surface area contributed by atoms with Gasteiger partial charge in [-0.05, 0) is 68.3 Å². The zero-order chi connectivity index (χ0) is 15.6. The van der Waals surface area contributed by atoms with Gasteiger partial charge in [0, 0.05) is 14.6 Å². The van der Waals surface area contributed by atoms with Crippen LogP contribution in [0.15, 0.2) is 50.2 Å². The molecule has 0 aromatic heterocycles. The quantitative estimate of drug-likeness (QED) is 0.718. The fourth-order valence-electron chi connectivity index (χ4n) is 1.59. The number of nitrogens with two attached hydrogens (primary N) is 1. The maximum atomic E-state index is 12.3. The molecule has 112 valence electrons. The standard InChI is InChI=1S/C13H12Br2N2O3S/c1-20-9-4-2-8(3-5-9)17-21(18,19)10-6-11(14)13(16)12(15)7-10/h2-7,17H,16H2,1H3. The Morgan fingerprint density at radius 2 is 1.62 bits per heavy atom. The Bertz CT molecular complexity index is 738. The summed E-state index contributed by atoms with van der Waals surface area (Å²) in [5.74, 6) is 0.649. The Kier molecular flexibility index (Phi) is 4.80. The number of hydrogen-bond acceptors (Lipinski definition) is 4. The van der Waals surface area contributed by atoms with Crippen molar-refractivity contribution in [1.29, 1.82) is 0 Å². The van der Waals surface area contributed by atoms with Crippen molar-refractivity contribution < 1.29 is 13.2 Å². The highest BCUT2D eigenvalue weighted by atomic mass is 79.9. The molecule has 5 nitrogen and oxygen atoms in total. The molecule has 0 atom stereocenters. The summed E-state index contributed by atoms with van der Waals surface area (Å²) in [7, 11) is -2.16. The van der Waals surface area contributed by atoms with Crippen molar-refractivity contribution >= 4 is 53.3 Å². The number of anilines is 2. The van der Waals surface area contributed by atoms with Crippen molar-refractivity contribution in [3.8, 4) is 5.75 Å². The number of benzene rings is 2. The van der Waals surface area contributed by atoms with Crippen LogP contribution in [0.25, 0.3) is 0 Å². The van der Waals surface area contributed by atoms with Crippen LogP contribution in [0.2, 0.25) is 0 Å². The molecule has 0 heterocycles. The van der Waals surface area contributed by atoms with Gasteiger partial charge in [-0.2, -0.15) is 0 Å². The molecule has 0 saturated heterocycles. The van der Waals surface area contributed by atoms with Gasteiger partial charge in [0.25, 0.3) is 10.0 Å². The number of hydrogen-bond donors (Lipinski definition) is 2. The second-order valence-corrected chi connectivity index (χ2v) is 7.53. The number of nitrogen functional groups attached to an aromatic ring is 1. The van der Waals surface area contributed by atoms with Crippen molar-refractivity contribution in [2.45, 2.75) is 4.90 Å². The van der Waals surface area contributed by atoms with E-state index in [9.17, 15) is 8.42 Å². The molecule has 0 unspecified atom stereocenters. The lowest BCUT2D eigenvalue weighted by Gasteiger charge is -2.11. The lowest BCUT2D eigenvalue weighted by Crippen LogP contribution is -2.13. The van der Waals surface area contributed by atoms with E-state index in [1.54, 1.807) is 31.4 Å². The van der Waals surface area contributed by atoms with Crippen LogP contribution in [0.4, 0.5) is 11.4 Å². The normalized spacial score (nSPS) is 11.2. The molecule has 2 aromatic carbocycles.